The zero-order chi connectivity index (χ0) is 24.3. The molecule has 0 aromatic heterocycles. The number of amides is 2. The van der Waals surface area contributed by atoms with E-state index in [1.54, 1.807) is 20.3 Å². The van der Waals surface area contributed by atoms with Gasteiger partial charge < -0.3 is 19.7 Å². The molecule has 3 saturated carbocycles. The first-order chi connectivity index (χ1) is 16.2. The van der Waals surface area contributed by atoms with Crippen LogP contribution in [-0.4, -0.2) is 44.0 Å². The zero-order valence-electron chi connectivity index (χ0n) is 21.1. The van der Waals surface area contributed by atoms with Gasteiger partial charge in [-0.3, -0.25) is 9.59 Å². The summed E-state index contributed by atoms with van der Waals surface area (Å²) >= 11 is 0. The van der Waals surface area contributed by atoms with Crippen LogP contribution in [0.2, 0.25) is 0 Å². The Hall–Kier alpha value is -2.50. The van der Waals surface area contributed by atoms with Gasteiger partial charge in [0.1, 0.15) is 0 Å². The first-order valence-electron chi connectivity index (χ1n) is 12.7. The van der Waals surface area contributed by atoms with Crippen molar-refractivity contribution in [2.24, 2.45) is 34.5 Å². The van der Waals surface area contributed by atoms with Gasteiger partial charge in [0.25, 0.3) is 0 Å². The number of carbonyl (C=O) groups excluding carboxylic acids is 2. The minimum absolute atomic E-state index is 0.0169. The van der Waals surface area contributed by atoms with Crippen molar-refractivity contribution in [2.75, 3.05) is 26.6 Å². The van der Waals surface area contributed by atoms with Crippen molar-refractivity contribution in [3.63, 3.8) is 0 Å². The van der Waals surface area contributed by atoms with Crippen molar-refractivity contribution in [1.82, 2.24) is 4.90 Å². The molecule has 2 amide bonds. The Morgan fingerprint density at radius 2 is 1.79 bits per heavy atom. The van der Waals surface area contributed by atoms with E-state index in [1.807, 2.05) is 30.1 Å². The molecule has 0 unspecified atom stereocenters. The number of fused-ring (bicyclic) bond motifs is 5. The highest BCUT2D eigenvalue weighted by Crippen LogP contribution is 2.65. The van der Waals surface area contributed by atoms with Gasteiger partial charge in [-0.2, -0.15) is 0 Å². The van der Waals surface area contributed by atoms with E-state index in [0.29, 0.717) is 35.3 Å². The Bertz CT molecular complexity index is 1020. The molecule has 0 bridgehead atoms. The van der Waals surface area contributed by atoms with Crippen LogP contribution in [0.25, 0.3) is 0 Å². The minimum atomic E-state index is 0.0169. The number of ether oxygens (including phenoxy) is 2. The van der Waals surface area contributed by atoms with E-state index in [0.717, 1.165) is 44.2 Å². The molecule has 3 aliphatic carbocycles. The highest BCUT2D eigenvalue weighted by atomic mass is 16.5. The first kappa shape index (κ1) is 23.3. The smallest absolute Gasteiger partial charge is 0.246 e. The topological polar surface area (TPSA) is 67.9 Å². The third kappa shape index (κ3) is 3.36. The fourth-order valence-electron chi connectivity index (χ4n) is 8.31. The summed E-state index contributed by atoms with van der Waals surface area (Å²) in [6.07, 6.45) is 10.5. The second-order valence-electron chi connectivity index (χ2n) is 11.4. The van der Waals surface area contributed by atoms with Crippen LogP contribution >= 0.6 is 0 Å². The molecule has 6 nitrogen and oxygen atoms in total. The highest BCUT2D eigenvalue weighted by molar-refractivity contribution is 5.93. The molecular formula is C28H38N2O4. The lowest BCUT2D eigenvalue weighted by atomic mass is 9.47. The van der Waals surface area contributed by atoms with Crippen LogP contribution in [0, 0.1) is 34.5 Å². The van der Waals surface area contributed by atoms with E-state index in [1.165, 1.54) is 0 Å². The monoisotopic (exact) mass is 466 g/mol. The quantitative estimate of drug-likeness (QED) is 0.686. The molecule has 0 saturated heterocycles. The summed E-state index contributed by atoms with van der Waals surface area (Å²) in [4.78, 5) is 27.8. The molecule has 1 aliphatic heterocycles. The summed E-state index contributed by atoms with van der Waals surface area (Å²) < 4.78 is 10.7. The fraction of sp³-hybridized carbons (Fsp3) is 0.643. The Balaban J connectivity index is 1.35. The van der Waals surface area contributed by atoms with Gasteiger partial charge in [-0.15, -0.1) is 0 Å². The summed E-state index contributed by atoms with van der Waals surface area (Å²) in [7, 11) is 5.18. The average molecular weight is 467 g/mol. The summed E-state index contributed by atoms with van der Waals surface area (Å²) in [5, 5.41) is 3.17. The van der Waals surface area contributed by atoms with Gasteiger partial charge in [-0.05, 0) is 79.9 Å². The Kier molecular flexibility index (Phi) is 5.69. The van der Waals surface area contributed by atoms with Gasteiger partial charge in [0.2, 0.25) is 11.8 Å². The Morgan fingerprint density at radius 3 is 2.53 bits per heavy atom. The predicted octanol–water partition coefficient (Wildman–Crippen LogP) is 4.90. The van der Waals surface area contributed by atoms with Gasteiger partial charge in [-0.1, -0.05) is 19.9 Å². The van der Waals surface area contributed by atoms with Crippen molar-refractivity contribution in [1.29, 1.82) is 0 Å². The number of carbonyl (C=O) groups is 2. The second-order valence-corrected chi connectivity index (χ2v) is 11.4. The summed E-state index contributed by atoms with van der Waals surface area (Å²) in [6, 6.07) is 5.83. The largest absolute Gasteiger partial charge is 0.493 e. The molecule has 3 fully saturated rings. The lowest BCUT2D eigenvalue weighted by Gasteiger charge is -2.60. The molecule has 1 aromatic rings. The number of nitrogens with one attached hydrogen (secondary N) is 1. The number of likely N-dealkylation sites (N-methyl/N-ethyl adjacent to an activating group) is 1. The Labute approximate surface area is 203 Å². The van der Waals surface area contributed by atoms with Gasteiger partial charge in [-0.25, -0.2) is 0 Å². The van der Waals surface area contributed by atoms with E-state index < -0.39 is 0 Å². The van der Waals surface area contributed by atoms with E-state index in [2.05, 4.69) is 25.2 Å². The molecule has 1 heterocycles. The van der Waals surface area contributed by atoms with Gasteiger partial charge in [0, 0.05) is 36.2 Å². The zero-order valence-corrected chi connectivity index (χ0v) is 21.1. The molecule has 7 atom stereocenters. The molecule has 1 aromatic carbocycles. The molecule has 0 radical (unpaired) electrons. The highest BCUT2D eigenvalue weighted by Gasteiger charge is 2.61. The minimum Gasteiger partial charge on any atom is -0.493 e. The summed E-state index contributed by atoms with van der Waals surface area (Å²) in [5.74, 6) is 3.29. The van der Waals surface area contributed by atoms with Crippen LogP contribution in [-0.2, 0) is 9.59 Å². The number of rotatable bonds is 4. The lowest BCUT2D eigenvalue weighted by molar-refractivity contribution is -0.141. The maximum atomic E-state index is 13.5. The van der Waals surface area contributed by atoms with Crippen LogP contribution in [0.3, 0.4) is 0 Å². The molecule has 34 heavy (non-hydrogen) atoms. The third-order valence-corrected chi connectivity index (χ3v) is 10.1. The normalized spacial score (nSPS) is 38.6. The van der Waals surface area contributed by atoms with Crippen molar-refractivity contribution in [3.8, 4) is 11.5 Å². The fourth-order valence-corrected chi connectivity index (χ4v) is 8.31. The maximum absolute atomic E-state index is 13.5. The van der Waals surface area contributed by atoms with Crippen LogP contribution < -0.4 is 14.8 Å². The Morgan fingerprint density at radius 1 is 1.03 bits per heavy atom. The molecule has 6 heteroatoms. The van der Waals surface area contributed by atoms with Crippen molar-refractivity contribution in [2.45, 2.75) is 58.4 Å². The number of anilines is 1. The molecule has 0 spiro atoms. The van der Waals surface area contributed by atoms with Gasteiger partial charge in [0.15, 0.2) is 11.5 Å². The van der Waals surface area contributed by atoms with Crippen LogP contribution in [0.4, 0.5) is 5.69 Å². The third-order valence-electron chi connectivity index (χ3n) is 10.1. The standard InChI is InChI=1S/C28H38N2O4/c1-27-14-12-20-18(7-11-24-28(20,2)15-13-25(31)30(24)3)19(27)8-9-21(27)26(32)29-17-6-10-22(33-4)23(16-17)34-5/h6,10,13,15-16,18-21,24H,7-9,11-12,14H2,1-5H3,(H,29,32)/t18-,19-,20-,21+,24+,27-,28+/m0/s1. The van der Waals surface area contributed by atoms with Crippen molar-refractivity contribution < 1.29 is 19.1 Å². The predicted molar refractivity (Wildman–Crippen MR) is 132 cm³/mol. The van der Waals surface area contributed by atoms with E-state index in [4.69, 9.17) is 9.47 Å². The lowest BCUT2D eigenvalue weighted by Crippen LogP contribution is -2.59. The van der Waals surface area contributed by atoms with Gasteiger partial charge >= 0.3 is 0 Å². The SMILES string of the molecule is COc1ccc(NC(=O)[C@H]2CC[C@H]3[C@@H]4CC[C@H]5N(C)C(=O)C=C[C@]5(C)[C@H]4CC[C@]23C)cc1OC. The molecule has 4 aliphatic rings. The van der Waals surface area contributed by atoms with Crippen LogP contribution in [0.5, 0.6) is 11.5 Å². The van der Waals surface area contributed by atoms with E-state index in [9.17, 15) is 9.59 Å². The molecular weight excluding hydrogens is 428 g/mol. The van der Waals surface area contributed by atoms with Crippen LogP contribution in [0.1, 0.15) is 52.4 Å². The number of benzene rings is 1. The number of hydrogen-bond donors (Lipinski definition) is 1. The maximum Gasteiger partial charge on any atom is 0.246 e. The number of methoxy groups -OCH3 is 2. The molecule has 184 valence electrons. The van der Waals surface area contributed by atoms with E-state index in [-0.39, 0.29) is 28.6 Å². The second kappa shape index (κ2) is 8.31. The van der Waals surface area contributed by atoms with Crippen molar-refractivity contribution >= 4 is 17.5 Å². The van der Waals surface area contributed by atoms with Crippen molar-refractivity contribution in [3.05, 3.63) is 30.4 Å². The first-order valence-corrected chi connectivity index (χ1v) is 12.7. The summed E-state index contributed by atoms with van der Waals surface area (Å²) in [6.45, 7) is 4.73. The van der Waals surface area contributed by atoms with Crippen LogP contribution in [0.15, 0.2) is 30.4 Å². The summed E-state index contributed by atoms with van der Waals surface area (Å²) in [5.41, 5.74) is 0.800. The van der Waals surface area contributed by atoms with E-state index >= 15 is 0 Å². The molecule has 5 rings (SSSR count). The van der Waals surface area contributed by atoms with Gasteiger partial charge in [0.05, 0.1) is 14.2 Å². The molecule has 1 N–H and O–H groups in total. The number of hydrogen-bond acceptors (Lipinski definition) is 4. The average Bonchev–Trinajstić information content (AvgIpc) is 3.19. The number of nitrogens with zero attached hydrogens (tertiary/aromatic N) is 1.